The summed E-state index contributed by atoms with van der Waals surface area (Å²) in [4.78, 5) is 13.4. The molecule has 0 spiro atoms. The van der Waals surface area contributed by atoms with Crippen LogP contribution in [-0.4, -0.2) is 28.0 Å². The maximum Gasteiger partial charge on any atom is 0.264 e. The van der Waals surface area contributed by atoms with Crippen LogP contribution >= 0.6 is 0 Å². The quantitative estimate of drug-likeness (QED) is 0.395. The Morgan fingerprint density at radius 1 is 0.917 bits per heavy atom. The molecule has 0 unspecified atom stereocenters. The first-order valence-corrected chi connectivity index (χ1v) is 13.5. The van der Waals surface area contributed by atoms with Crippen molar-refractivity contribution >= 4 is 21.6 Å². The predicted octanol–water partition coefficient (Wildman–Crippen LogP) is 5.82. The van der Waals surface area contributed by atoms with Crippen LogP contribution in [-0.2, 0) is 14.8 Å². The normalized spacial score (nSPS) is 12.3. The Morgan fingerprint density at radius 2 is 1.58 bits per heavy atom. The summed E-state index contributed by atoms with van der Waals surface area (Å²) in [6, 6.07) is 17.5. The average molecular weight is 509 g/mol. The van der Waals surface area contributed by atoms with E-state index < -0.39 is 10.0 Å². The number of hydrogen-bond donors (Lipinski definition) is 1. The third-order valence-corrected chi connectivity index (χ3v) is 8.06. The second-order valence-electron chi connectivity index (χ2n) is 9.56. The summed E-state index contributed by atoms with van der Waals surface area (Å²) in [6.07, 6.45) is 0. The fourth-order valence-electron chi connectivity index (χ4n) is 4.24. The highest BCUT2D eigenvalue weighted by Crippen LogP contribution is 2.32. The molecule has 0 bridgehead atoms. The van der Waals surface area contributed by atoms with Crippen molar-refractivity contribution in [3.8, 4) is 5.75 Å². The van der Waals surface area contributed by atoms with E-state index in [1.54, 1.807) is 49.6 Å². The fourth-order valence-corrected chi connectivity index (χ4v) is 5.65. The van der Waals surface area contributed by atoms with Crippen LogP contribution in [0.15, 0.2) is 65.6 Å². The number of carbonyl (C=O) groups excluding carboxylic acids is 1. The number of benzene rings is 3. The van der Waals surface area contributed by atoms with Crippen LogP contribution in [0.25, 0.3) is 0 Å². The van der Waals surface area contributed by atoms with Crippen molar-refractivity contribution in [2.24, 2.45) is 0 Å². The van der Waals surface area contributed by atoms with Crippen molar-refractivity contribution in [3.05, 3.63) is 88.5 Å². The molecular weight excluding hydrogens is 472 g/mol. The lowest BCUT2D eigenvalue weighted by Gasteiger charge is -2.26. The van der Waals surface area contributed by atoms with Gasteiger partial charge in [0.2, 0.25) is 5.91 Å². The molecule has 0 saturated heterocycles. The number of anilines is 1. The van der Waals surface area contributed by atoms with Gasteiger partial charge >= 0.3 is 0 Å². The molecule has 0 radical (unpaired) electrons. The van der Waals surface area contributed by atoms with Crippen molar-refractivity contribution in [3.63, 3.8) is 0 Å². The minimum absolute atomic E-state index is 0.142. The molecule has 0 aliphatic heterocycles. The van der Waals surface area contributed by atoms with Gasteiger partial charge in [0.05, 0.1) is 23.7 Å². The van der Waals surface area contributed by atoms with E-state index in [2.05, 4.69) is 25.2 Å². The van der Waals surface area contributed by atoms with Gasteiger partial charge in [0.1, 0.15) is 12.3 Å². The molecule has 36 heavy (non-hydrogen) atoms. The Kier molecular flexibility index (Phi) is 8.46. The highest BCUT2D eigenvalue weighted by atomic mass is 32.2. The molecule has 0 aliphatic rings. The minimum Gasteiger partial charge on any atom is -0.496 e. The molecule has 3 aromatic rings. The molecule has 192 valence electrons. The van der Waals surface area contributed by atoms with Gasteiger partial charge in [-0.3, -0.25) is 9.10 Å². The highest BCUT2D eigenvalue weighted by Gasteiger charge is 2.28. The van der Waals surface area contributed by atoms with Gasteiger partial charge in [-0.25, -0.2) is 8.42 Å². The maximum absolute atomic E-state index is 13.6. The van der Waals surface area contributed by atoms with Gasteiger partial charge in [0.15, 0.2) is 0 Å². The molecule has 3 aromatic carbocycles. The molecule has 6 nitrogen and oxygen atoms in total. The van der Waals surface area contributed by atoms with Crippen LogP contribution in [0.5, 0.6) is 5.75 Å². The van der Waals surface area contributed by atoms with Gasteiger partial charge in [-0.2, -0.15) is 0 Å². The van der Waals surface area contributed by atoms with Gasteiger partial charge in [0, 0.05) is 0 Å². The lowest BCUT2D eigenvalue weighted by molar-refractivity contribution is -0.120. The zero-order chi connectivity index (χ0) is 26.6. The standard InChI is InChI=1S/C29H36N2O4S/c1-19(2)26-17-27(22(5)16-28(26)35-7)23(6)30-29(32)18-31(24-10-8-9-21(4)15-24)36(33,34)25-13-11-20(3)12-14-25/h8-17,19,23H,18H2,1-7H3,(H,30,32)/t23-/m0/s1. The Morgan fingerprint density at radius 3 is 2.17 bits per heavy atom. The average Bonchev–Trinajstić information content (AvgIpc) is 2.82. The van der Waals surface area contributed by atoms with Crippen molar-refractivity contribution in [2.75, 3.05) is 18.0 Å². The zero-order valence-electron chi connectivity index (χ0n) is 22.1. The second-order valence-corrected chi connectivity index (χ2v) is 11.4. The molecule has 3 rings (SSSR count). The summed E-state index contributed by atoms with van der Waals surface area (Å²) in [7, 11) is -2.31. The molecule has 0 fully saturated rings. The summed E-state index contributed by atoms with van der Waals surface area (Å²) < 4.78 is 34.0. The Balaban J connectivity index is 1.92. The van der Waals surface area contributed by atoms with Gasteiger partial charge in [-0.1, -0.05) is 43.7 Å². The molecule has 1 N–H and O–H groups in total. The number of ether oxygens (including phenoxy) is 1. The predicted molar refractivity (Wildman–Crippen MR) is 145 cm³/mol. The van der Waals surface area contributed by atoms with Crippen molar-refractivity contribution in [1.82, 2.24) is 5.32 Å². The van der Waals surface area contributed by atoms with Crippen LogP contribution in [0.1, 0.15) is 60.5 Å². The number of carbonyl (C=O) groups is 1. The van der Waals surface area contributed by atoms with Crippen LogP contribution < -0.4 is 14.4 Å². The number of aryl methyl sites for hydroxylation is 3. The molecular formula is C29H36N2O4S. The number of sulfonamides is 1. The number of amides is 1. The lowest BCUT2D eigenvalue weighted by atomic mass is 9.93. The minimum atomic E-state index is -3.96. The molecule has 7 heteroatoms. The number of methoxy groups -OCH3 is 1. The van der Waals surface area contributed by atoms with Gasteiger partial charge in [-0.05, 0) is 92.3 Å². The smallest absolute Gasteiger partial charge is 0.264 e. The van der Waals surface area contributed by atoms with Crippen molar-refractivity contribution in [1.29, 1.82) is 0 Å². The molecule has 0 heterocycles. The molecule has 1 amide bonds. The van der Waals surface area contributed by atoms with Crippen LogP contribution in [0.2, 0.25) is 0 Å². The monoisotopic (exact) mass is 508 g/mol. The molecule has 1 atom stereocenters. The summed E-state index contributed by atoms with van der Waals surface area (Å²) in [5.74, 6) is 0.680. The van der Waals surface area contributed by atoms with Gasteiger partial charge in [-0.15, -0.1) is 0 Å². The lowest BCUT2D eigenvalue weighted by Crippen LogP contribution is -2.41. The molecule has 0 aromatic heterocycles. The number of rotatable bonds is 9. The van der Waals surface area contributed by atoms with E-state index in [-0.39, 0.29) is 29.3 Å². The topological polar surface area (TPSA) is 75.7 Å². The number of nitrogens with zero attached hydrogens (tertiary/aromatic N) is 1. The maximum atomic E-state index is 13.6. The summed E-state index contributed by atoms with van der Waals surface area (Å²) in [6.45, 7) is 11.5. The Labute approximate surface area is 215 Å². The van der Waals surface area contributed by atoms with Crippen LogP contribution in [0.3, 0.4) is 0 Å². The van der Waals surface area contributed by atoms with E-state index in [0.29, 0.717) is 5.69 Å². The summed E-state index contributed by atoms with van der Waals surface area (Å²) >= 11 is 0. The third-order valence-electron chi connectivity index (χ3n) is 6.27. The van der Waals surface area contributed by atoms with Crippen molar-refractivity contribution < 1.29 is 17.9 Å². The Hall–Kier alpha value is -3.32. The largest absolute Gasteiger partial charge is 0.496 e. The second kappa shape index (κ2) is 11.2. The zero-order valence-corrected chi connectivity index (χ0v) is 22.9. The van der Waals surface area contributed by atoms with Crippen LogP contribution in [0.4, 0.5) is 5.69 Å². The van der Waals surface area contributed by atoms with E-state index >= 15 is 0 Å². The third kappa shape index (κ3) is 6.08. The van der Waals surface area contributed by atoms with E-state index in [0.717, 1.165) is 33.6 Å². The van der Waals surface area contributed by atoms with Gasteiger partial charge < -0.3 is 10.1 Å². The fraction of sp³-hybridized carbons (Fsp3) is 0.345. The van der Waals surface area contributed by atoms with Crippen molar-refractivity contribution in [2.45, 2.75) is 58.4 Å². The van der Waals surface area contributed by atoms with Gasteiger partial charge in [0.25, 0.3) is 10.0 Å². The first-order chi connectivity index (χ1) is 16.9. The van der Waals surface area contributed by atoms with Crippen LogP contribution in [0, 0.1) is 20.8 Å². The highest BCUT2D eigenvalue weighted by molar-refractivity contribution is 7.92. The van der Waals surface area contributed by atoms with E-state index in [9.17, 15) is 13.2 Å². The summed E-state index contributed by atoms with van der Waals surface area (Å²) in [5.41, 5.74) is 5.32. The van der Waals surface area contributed by atoms with E-state index in [1.807, 2.05) is 39.8 Å². The number of hydrogen-bond acceptors (Lipinski definition) is 4. The molecule has 0 aliphatic carbocycles. The van der Waals surface area contributed by atoms with E-state index in [1.165, 1.54) is 4.31 Å². The first-order valence-electron chi connectivity index (χ1n) is 12.1. The summed E-state index contributed by atoms with van der Waals surface area (Å²) in [5, 5.41) is 3.00. The SMILES string of the molecule is COc1cc(C)c([C@H](C)NC(=O)CN(c2cccc(C)c2)S(=O)(=O)c2ccc(C)cc2)cc1C(C)C. The van der Waals surface area contributed by atoms with E-state index in [4.69, 9.17) is 4.74 Å². The first kappa shape index (κ1) is 27.3. The molecule has 0 saturated carbocycles. The number of nitrogens with one attached hydrogen (secondary N) is 1. The Bertz CT molecular complexity index is 1330.